The highest BCUT2D eigenvalue weighted by atomic mass is 16.6. The summed E-state index contributed by atoms with van der Waals surface area (Å²) in [6.45, 7) is 3.80. The molecule has 0 radical (unpaired) electrons. The molecule has 2 aliphatic rings. The molecule has 1 unspecified atom stereocenters. The van der Waals surface area contributed by atoms with E-state index in [-0.39, 0.29) is 17.5 Å². The van der Waals surface area contributed by atoms with Crippen LogP contribution in [0, 0.1) is 27.2 Å². The number of likely N-dealkylation sites (tertiary alicyclic amines) is 1. The Morgan fingerprint density at radius 1 is 1.10 bits per heavy atom. The molecule has 1 amide bonds. The molecule has 2 aliphatic heterocycles. The van der Waals surface area contributed by atoms with Crippen LogP contribution in [0.5, 0.6) is 0 Å². The Labute approximate surface area is 166 Å². The summed E-state index contributed by atoms with van der Waals surface area (Å²) in [5.74, 6) is -0.259. The Bertz CT molecular complexity index is 1010. The standard InChI is InChI=1S/C20H20N4O5/c1-12-3-4-18-16(7-12)17-11-21(2)6-5-19(17)22(18)20(25)13-8-14(23(26)27)10-15(9-13)24(28)29/h3-4,7-10,17,19H,5-6,11H2,1-2H3/p+1/t17-,19+/m1/s1. The van der Waals surface area contributed by atoms with Crippen LogP contribution in [0.25, 0.3) is 0 Å². The highest BCUT2D eigenvalue weighted by Gasteiger charge is 2.46. The van der Waals surface area contributed by atoms with Crippen LogP contribution < -0.4 is 9.80 Å². The number of anilines is 1. The third-order valence-electron chi connectivity index (χ3n) is 5.86. The summed E-state index contributed by atoms with van der Waals surface area (Å²) in [5.41, 5.74) is 2.03. The first-order valence-corrected chi connectivity index (χ1v) is 9.45. The van der Waals surface area contributed by atoms with E-state index in [9.17, 15) is 25.0 Å². The quantitative estimate of drug-likeness (QED) is 0.628. The summed E-state index contributed by atoms with van der Waals surface area (Å²) in [5, 5.41) is 22.5. The molecule has 9 nitrogen and oxygen atoms in total. The van der Waals surface area contributed by atoms with E-state index in [0.29, 0.717) is 0 Å². The number of aryl methyl sites for hydroxylation is 1. The average Bonchev–Trinajstić information content (AvgIpc) is 2.99. The van der Waals surface area contributed by atoms with Crippen molar-refractivity contribution in [3.05, 3.63) is 73.3 Å². The SMILES string of the molecule is Cc1ccc2c(c1)[C@H]1C[NH+](C)CC[C@@H]1N2C(=O)c1cc([N+](=O)[O-])cc([N+](=O)[O-])c1. The molecule has 2 aromatic rings. The number of nitrogens with zero attached hydrogens (tertiary/aromatic N) is 3. The molecule has 0 saturated carbocycles. The van der Waals surface area contributed by atoms with Crippen molar-refractivity contribution in [2.45, 2.75) is 25.3 Å². The lowest BCUT2D eigenvalue weighted by molar-refractivity contribution is -0.886. The van der Waals surface area contributed by atoms with E-state index in [1.807, 2.05) is 19.1 Å². The number of non-ortho nitro benzene ring substituents is 2. The van der Waals surface area contributed by atoms with Crippen molar-refractivity contribution >= 4 is 23.0 Å². The minimum absolute atomic E-state index is 0.0376. The maximum Gasteiger partial charge on any atom is 0.277 e. The van der Waals surface area contributed by atoms with Gasteiger partial charge in [-0.25, -0.2) is 0 Å². The number of nitro benzene ring substituents is 2. The van der Waals surface area contributed by atoms with Gasteiger partial charge in [0.2, 0.25) is 0 Å². The molecular weight excluding hydrogens is 376 g/mol. The summed E-state index contributed by atoms with van der Waals surface area (Å²) < 4.78 is 0. The minimum atomic E-state index is -0.715. The first-order valence-electron chi connectivity index (χ1n) is 9.45. The number of rotatable bonds is 3. The zero-order valence-electron chi connectivity index (χ0n) is 16.1. The van der Waals surface area contributed by atoms with E-state index >= 15 is 0 Å². The summed E-state index contributed by atoms with van der Waals surface area (Å²) in [7, 11) is 2.13. The predicted molar refractivity (Wildman–Crippen MR) is 106 cm³/mol. The van der Waals surface area contributed by atoms with Crippen LogP contribution in [-0.4, -0.2) is 41.9 Å². The topological polar surface area (TPSA) is 111 Å². The normalized spacial score (nSPS) is 22.7. The molecule has 0 bridgehead atoms. The van der Waals surface area contributed by atoms with E-state index in [4.69, 9.17) is 0 Å². The summed E-state index contributed by atoms with van der Waals surface area (Å²) in [6.07, 6.45) is 0.799. The van der Waals surface area contributed by atoms with Crippen LogP contribution in [-0.2, 0) is 0 Å². The highest BCUT2D eigenvalue weighted by molar-refractivity contribution is 6.08. The Morgan fingerprint density at radius 3 is 2.38 bits per heavy atom. The van der Waals surface area contributed by atoms with Gasteiger partial charge >= 0.3 is 0 Å². The number of quaternary nitrogens is 1. The van der Waals surface area contributed by atoms with Crippen LogP contribution in [0.4, 0.5) is 17.1 Å². The number of fused-ring (bicyclic) bond motifs is 3. The van der Waals surface area contributed by atoms with Crippen LogP contribution in [0.15, 0.2) is 36.4 Å². The molecule has 4 rings (SSSR count). The third kappa shape index (κ3) is 3.23. The molecule has 0 aliphatic carbocycles. The molecule has 0 spiro atoms. The van der Waals surface area contributed by atoms with Gasteiger partial charge in [0.05, 0.1) is 53.6 Å². The van der Waals surface area contributed by atoms with Crippen molar-refractivity contribution in [1.82, 2.24) is 0 Å². The summed E-state index contributed by atoms with van der Waals surface area (Å²) in [4.78, 5) is 37.6. The number of likely N-dealkylation sites (N-methyl/N-ethyl adjacent to an activating group) is 1. The van der Waals surface area contributed by atoms with Gasteiger partial charge in [-0.2, -0.15) is 0 Å². The van der Waals surface area contributed by atoms with E-state index in [1.165, 1.54) is 4.90 Å². The fourth-order valence-corrected chi connectivity index (χ4v) is 4.53. The van der Waals surface area contributed by atoms with Gasteiger partial charge in [-0.1, -0.05) is 17.7 Å². The number of benzene rings is 2. The number of amides is 1. The van der Waals surface area contributed by atoms with Crippen LogP contribution in [0.3, 0.4) is 0 Å². The van der Waals surface area contributed by atoms with E-state index in [2.05, 4.69) is 13.1 Å². The average molecular weight is 397 g/mol. The molecule has 150 valence electrons. The van der Waals surface area contributed by atoms with Crippen molar-refractivity contribution in [2.24, 2.45) is 0 Å². The fourth-order valence-electron chi connectivity index (χ4n) is 4.53. The molecule has 1 fully saturated rings. The minimum Gasteiger partial charge on any atom is -0.337 e. The van der Waals surface area contributed by atoms with Crippen molar-refractivity contribution in [2.75, 3.05) is 25.0 Å². The largest absolute Gasteiger partial charge is 0.337 e. The highest BCUT2D eigenvalue weighted by Crippen LogP contribution is 2.44. The van der Waals surface area contributed by atoms with Gasteiger partial charge in [0.15, 0.2) is 0 Å². The lowest BCUT2D eigenvalue weighted by Crippen LogP contribution is -3.11. The Balaban J connectivity index is 1.81. The Hall–Kier alpha value is -3.33. The van der Waals surface area contributed by atoms with Gasteiger partial charge in [-0.05, 0) is 18.6 Å². The number of carbonyl (C=O) groups excluding carboxylic acids is 1. The maximum absolute atomic E-state index is 13.5. The van der Waals surface area contributed by atoms with Gasteiger partial charge in [0.1, 0.15) is 0 Å². The van der Waals surface area contributed by atoms with Crippen molar-refractivity contribution < 1.29 is 19.5 Å². The Morgan fingerprint density at radius 2 is 1.76 bits per heavy atom. The molecule has 3 atom stereocenters. The van der Waals surface area contributed by atoms with E-state index in [0.717, 1.165) is 54.5 Å². The van der Waals surface area contributed by atoms with Gasteiger partial charge < -0.3 is 9.80 Å². The smallest absolute Gasteiger partial charge is 0.277 e. The second-order valence-electron chi connectivity index (χ2n) is 7.86. The molecule has 9 heteroatoms. The van der Waals surface area contributed by atoms with Crippen molar-refractivity contribution in [3.8, 4) is 0 Å². The van der Waals surface area contributed by atoms with Crippen LogP contribution >= 0.6 is 0 Å². The zero-order chi connectivity index (χ0) is 20.9. The van der Waals surface area contributed by atoms with Gasteiger partial charge in [-0.3, -0.25) is 25.0 Å². The molecule has 0 aromatic heterocycles. The van der Waals surface area contributed by atoms with Gasteiger partial charge in [0.25, 0.3) is 17.3 Å². The van der Waals surface area contributed by atoms with Gasteiger partial charge in [-0.15, -0.1) is 0 Å². The second kappa shape index (κ2) is 6.93. The first kappa shape index (κ1) is 19.0. The number of nitro groups is 2. The molecule has 2 aromatic carbocycles. The summed E-state index contributed by atoms with van der Waals surface area (Å²) >= 11 is 0. The number of carbonyl (C=O) groups is 1. The van der Waals surface area contributed by atoms with E-state index < -0.39 is 27.1 Å². The first-order chi connectivity index (χ1) is 13.8. The monoisotopic (exact) mass is 397 g/mol. The fraction of sp³-hybridized carbons (Fsp3) is 0.350. The van der Waals surface area contributed by atoms with Crippen LogP contribution in [0.2, 0.25) is 0 Å². The zero-order valence-corrected chi connectivity index (χ0v) is 16.1. The molecule has 1 saturated heterocycles. The number of hydrogen-bond donors (Lipinski definition) is 1. The molecule has 1 N–H and O–H groups in total. The number of nitrogens with one attached hydrogen (secondary N) is 1. The molecular formula is C20H21N4O5+. The van der Waals surface area contributed by atoms with Crippen molar-refractivity contribution in [1.29, 1.82) is 0 Å². The predicted octanol–water partition coefficient (Wildman–Crippen LogP) is 1.84. The number of hydrogen-bond acceptors (Lipinski definition) is 5. The summed E-state index contributed by atoms with van der Waals surface area (Å²) in [6, 6.07) is 8.99. The lowest BCUT2D eigenvalue weighted by Gasteiger charge is -2.34. The number of piperidine rings is 1. The van der Waals surface area contributed by atoms with Crippen molar-refractivity contribution in [3.63, 3.8) is 0 Å². The van der Waals surface area contributed by atoms with E-state index in [1.54, 1.807) is 4.90 Å². The second-order valence-corrected chi connectivity index (χ2v) is 7.86. The third-order valence-corrected chi connectivity index (χ3v) is 5.86. The molecule has 2 heterocycles. The maximum atomic E-state index is 13.5. The lowest BCUT2D eigenvalue weighted by atomic mass is 9.88. The van der Waals surface area contributed by atoms with Crippen LogP contribution in [0.1, 0.15) is 33.8 Å². The molecule has 29 heavy (non-hydrogen) atoms. The Kier molecular flexibility index (Phi) is 4.54. The van der Waals surface area contributed by atoms with Gasteiger partial charge in [0, 0.05) is 24.2 Å².